The van der Waals surface area contributed by atoms with Crippen LogP contribution in [0.4, 0.5) is 4.79 Å². The summed E-state index contributed by atoms with van der Waals surface area (Å²) in [5.74, 6) is 1.51. The van der Waals surface area contributed by atoms with Crippen LogP contribution in [0.15, 0.2) is 42.0 Å². The van der Waals surface area contributed by atoms with Crippen molar-refractivity contribution >= 4 is 23.3 Å². The molecule has 1 spiro atoms. The van der Waals surface area contributed by atoms with Crippen LogP contribution in [0.25, 0.3) is 11.4 Å². The molecule has 5 rings (SSSR count). The Morgan fingerprint density at radius 2 is 1.97 bits per heavy atom. The lowest BCUT2D eigenvalue weighted by atomic mass is 9.84. The standard InChI is InChI=1S/C21H22N6O3S/c1-30-20(29)26-13-17-23-24-18(15-4-2-8-22-12-15)27(17)21(14-26)6-9-25(10-7-21)19(28)16-5-3-11-31-16/h2-5,8,11-12H,6-7,9-10,13-14H2,1H3. The molecule has 0 bridgehead atoms. The number of pyridine rings is 1. The van der Waals surface area contributed by atoms with E-state index in [2.05, 4.69) is 19.7 Å². The van der Waals surface area contributed by atoms with Crippen LogP contribution >= 0.6 is 11.3 Å². The topological polar surface area (TPSA) is 93.5 Å². The quantitative estimate of drug-likeness (QED) is 0.611. The monoisotopic (exact) mass is 438 g/mol. The molecule has 1 saturated heterocycles. The molecule has 10 heteroatoms. The summed E-state index contributed by atoms with van der Waals surface area (Å²) in [6.45, 7) is 2.00. The zero-order valence-electron chi connectivity index (χ0n) is 17.1. The zero-order valence-corrected chi connectivity index (χ0v) is 17.9. The predicted octanol–water partition coefficient (Wildman–Crippen LogP) is 2.62. The van der Waals surface area contributed by atoms with Crippen molar-refractivity contribution in [2.24, 2.45) is 0 Å². The van der Waals surface area contributed by atoms with E-state index in [0.29, 0.717) is 44.8 Å². The number of fused-ring (bicyclic) bond motifs is 2. The van der Waals surface area contributed by atoms with E-state index in [1.807, 2.05) is 34.5 Å². The molecule has 0 aromatic carbocycles. The van der Waals surface area contributed by atoms with E-state index in [1.54, 1.807) is 17.3 Å². The van der Waals surface area contributed by atoms with Crippen molar-refractivity contribution in [3.63, 3.8) is 0 Å². The predicted molar refractivity (Wildman–Crippen MR) is 113 cm³/mol. The Labute approximate surface area is 183 Å². The smallest absolute Gasteiger partial charge is 0.409 e. The van der Waals surface area contributed by atoms with Gasteiger partial charge in [-0.2, -0.15) is 0 Å². The number of hydrogen-bond acceptors (Lipinski definition) is 7. The van der Waals surface area contributed by atoms with Gasteiger partial charge in [-0.15, -0.1) is 21.5 Å². The molecule has 0 atom stereocenters. The number of amides is 2. The lowest BCUT2D eigenvalue weighted by Gasteiger charge is -2.48. The van der Waals surface area contributed by atoms with E-state index in [9.17, 15) is 9.59 Å². The minimum Gasteiger partial charge on any atom is -0.453 e. The molecule has 0 saturated carbocycles. The summed E-state index contributed by atoms with van der Waals surface area (Å²) >= 11 is 1.46. The lowest BCUT2D eigenvalue weighted by molar-refractivity contribution is 0.0319. The number of methoxy groups -OCH3 is 1. The van der Waals surface area contributed by atoms with Crippen molar-refractivity contribution in [1.82, 2.24) is 29.5 Å². The maximum absolute atomic E-state index is 12.8. The van der Waals surface area contributed by atoms with Crippen LogP contribution in [0.5, 0.6) is 0 Å². The molecule has 3 aromatic heterocycles. The molecule has 0 aliphatic carbocycles. The van der Waals surface area contributed by atoms with Gasteiger partial charge >= 0.3 is 6.09 Å². The van der Waals surface area contributed by atoms with Gasteiger partial charge in [0, 0.05) is 37.6 Å². The van der Waals surface area contributed by atoms with Crippen LogP contribution < -0.4 is 0 Å². The minimum absolute atomic E-state index is 0.0574. The Bertz CT molecular complexity index is 1090. The summed E-state index contributed by atoms with van der Waals surface area (Å²) in [5, 5.41) is 10.8. The Morgan fingerprint density at radius 1 is 1.13 bits per heavy atom. The van der Waals surface area contributed by atoms with Gasteiger partial charge in [0.2, 0.25) is 0 Å². The molecule has 2 amide bonds. The molecule has 2 aliphatic heterocycles. The normalized spacial score (nSPS) is 17.5. The van der Waals surface area contributed by atoms with Gasteiger partial charge in [-0.25, -0.2) is 4.79 Å². The number of piperidine rings is 1. The maximum Gasteiger partial charge on any atom is 0.409 e. The molecule has 9 nitrogen and oxygen atoms in total. The molecular weight excluding hydrogens is 416 g/mol. The van der Waals surface area contributed by atoms with Crippen molar-refractivity contribution in [2.75, 3.05) is 26.7 Å². The third-order valence-electron chi connectivity index (χ3n) is 6.09. The summed E-state index contributed by atoms with van der Waals surface area (Å²) in [4.78, 5) is 33.8. The first-order chi connectivity index (χ1) is 15.1. The van der Waals surface area contributed by atoms with Crippen LogP contribution in [0.2, 0.25) is 0 Å². The number of hydrogen-bond donors (Lipinski definition) is 0. The first-order valence-corrected chi connectivity index (χ1v) is 11.0. The Balaban J connectivity index is 1.50. The van der Waals surface area contributed by atoms with Crippen molar-refractivity contribution < 1.29 is 14.3 Å². The summed E-state index contributed by atoms with van der Waals surface area (Å²) in [7, 11) is 1.39. The largest absolute Gasteiger partial charge is 0.453 e. The van der Waals surface area contributed by atoms with E-state index >= 15 is 0 Å². The number of carbonyl (C=O) groups excluding carboxylic acids is 2. The van der Waals surface area contributed by atoms with Gasteiger partial charge in [-0.05, 0) is 36.4 Å². The molecule has 0 unspecified atom stereocenters. The van der Waals surface area contributed by atoms with Crippen LogP contribution in [0.3, 0.4) is 0 Å². The first kappa shape index (κ1) is 19.7. The van der Waals surface area contributed by atoms with E-state index < -0.39 is 5.54 Å². The molecule has 3 aromatic rings. The number of rotatable bonds is 2. The average molecular weight is 439 g/mol. The number of nitrogens with zero attached hydrogens (tertiary/aromatic N) is 6. The van der Waals surface area contributed by atoms with Crippen molar-refractivity contribution in [2.45, 2.75) is 24.9 Å². The van der Waals surface area contributed by atoms with Crippen LogP contribution in [0, 0.1) is 0 Å². The van der Waals surface area contributed by atoms with Crippen molar-refractivity contribution in [3.05, 3.63) is 52.7 Å². The molecule has 2 aliphatic rings. The summed E-state index contributed by atoms with van der Waals surface area (Å²) in [6, 6.07) is 7.58. The van der Waals surface area contributed by atoms with Crippen molar-refractivity contribution in [3.8, 4) is 11.4 Å². The molecule has 1 fully saturated rings. The van der Waals surface area contributed by atoms with Crippen LogP contribution in [-0.2, 0) is 16.8 Å². The lowest BCUT2D eigenvalue weighted by Crippen LogP contribution is -2.57. The maximum atomic E-state index is 12.8. The summed E-state index contributed by atoms with van der Waals surface area (Å²) < 4.78 is 7.16. The zero-order chi connectivity index (χ0) is 21.4. The van der Waals surface area contributed by atoms with Gasteiger partial charge in [0.1, 0.15) is 0 Å². The van der Waals surface area contributed by atoms with Crippen LogP contribution in [-0.4, -0.2) is 68.3 Å². The van der Waals surface area contributed by atoms with Crippen LogP contribution in [0.1, 0.15) is 28.3 Å². The highest BCUT2D eigenvalue weighted by atomic mass is 32.1. The molecule has 31 heavy (non-hydrogen) atoms. The summed E-state index contributed by atoms with van der Waals surface area (Å²) in [6.07, 6.45) is 4.49. The van der Waals surface area contributed by atoms with Gasteiger partial charge in [0.05, 0.1) is 24.1 Å². The highest BCUT2D eigenvalue weighted by Gasteiger charge is 2.46. The second kappa shape index (κ2) is 7.77. The van der Waals surface area contributed by atoms with Gasteiger partial charge in [0.15, 0.2) is 11.6 Å². The number of aromatic nitrogens is 4. The molecule has 160 valence electrons. The third kappa shape index (κ3) is 3.36. The van der Waals surface area contributed by atoms with Gasteiger partial charge in [0.25, 0.3) is 5.91 Å². The number of thiophene rings is 1. The molecule has 5 heterocycles. The third-order valence-corrected chi connectivity index (χ3v) is 6.95. The fourth-order valence-electron chi connectivity index (χ4n) is 4.57. The van der Waals surface area contributed by atoms with Gasteiger partial charge in [-0.3, -0.25) is 14.7 Å². The average Bonchev–Trinajstić information content (AvgIpc) is 3.50. The number of carbonyl (C=O) groups is 2. The Kier molecular flexibility index (Phi) is 4.93. The summed E-state index contributed by atoms with van der Waals surface area (Å²) in [5.41, 5.74) is 0.465. The fourth-order valence-corrected chi connectivity index (χ4v) is 5.26. The Morgan fingerprint density at radius 3 is 2.65 bits per heavy atom. The fraction of sp³-hybridized carbons (Fsp3) is 0.381. The van der Waals surface area contributed by atoms with E-state index in [-0.39, 0.29) is 12.0 Å². The SMILES string of the molecule is COC(=O)N1Cc2nnc(-c3cccnc3)n2C2(CCN(C(=O)c3cccs3)CC2)C1. The van der Waals surface area contributed by atoms with E-state index in [1.165, 1.54) is 18.4 Å². The molecule has 0 N–H and O–H groups in total. The molecule has 0 radical (unpaired) electrons. The van der Waals surface area contributed by atoms with Gasteiger partial charge in [-0.1, -0.05) is 6.07 Å². The first-order valence-electron chi connectivity index (χ1n) is 10.1. The minimum atomic E-state index is -0.414. The highest BCUT2D eigenvalue weighted by Crippen LogP contribution is 2.39. The number of ether oxygens (including phenoxy) is 1. The second-order valence-corrected chi connectivity index (χ2v) is 8.78. The molecular formula is C21H22N6O3S. The van der Waals surface area contributed by atoms with E-state index in [0.717, 1.165) is 16.3 Å². The highest BCUT2D eigenvalue weighted by molar-refractivity contribution is 7.12. The second-order valence-electron chi connectivity index (χ2n) is 7.84. The van der Waals surface area contributed by atoms with E-state index in [4.69, 9.17) is 4.74 Å². The van der Waals surface area contributed by atoms with Crippen molar-refractivity contribution in [1.29, 1.82) is 0 Å². The van der Waals surface area contributed by atoms with Gasteiger partial charge < -0.3 is 14.2 Å². The Hall–Kier alpha value is -3.27. The number of likely N-dealkylation sites (tertiary alicyclic amines) is 1.